The average molecular weight is 313 g/mol. The van der Waals surface area contributed by atoms with Crippen LogP contribution in [0.1, 0.15) is 16.1 Å². The summed E-state index contributed by atoms with van der Waals surface area (Å²) in [7, 11) is 1.85. The number of hydrogen-bond donors (Lipinski definition) is 1. The number of nitrogens with one attached hydrogen (secondary N) is 1. The van der Waals surface area contributed by atoms with Crippen LogP contribution in [0.3, 0.4) is 0 Å². The number of thiazole rings is 1. The zero-order valence-corrected chi connectivity index (χ0v) is 12.9. The quantitative estimate of drug-likeness (QED) is 0.781. The standard InChI is InChI=1S/C15H15N5OS/c1-20-9-12(8-18-20)15-19-13(10-22-15)14(21)17-6-4-11-3-2-5-16-7-11/h2-3,5,7-10H,4,6H2,1H3,(H,17,21). The smallest absolute Gasteiger partial charge is 0.270 e. The molecule has 1 amide bonds. The van der Waals surface area contributed by atoms with E-state index in [1.807, 2.05) is 25.4 Å². The molecule has 0 saturated heterocycles. The van der Waals surface area contributed by atoms with Crippen molar-refractivity contribution >= 4 is 17.2 Å². The lowest BCUT2D eigenvalue weighted by molar-refractivity contribution is 0.0950. The summed E-state index contributed by atoms with van der Waals surface area (Å²) in [5.41, 5.74) is 2.45. The molecule has 3 aromatic heterocycles. The molecule has 0 saturated carbocycles. The van der Waals surface area contributed by atoms with Crippen LogP contribution in [0.4, 0.5) is 0 Å². The molecule has 0 atom stereocenters. The fraction of sp³-hybridized carbons (Fsp3) is 0.200. The van der Waals surface area contributed by atoms with Gasteiger partial charge in [-0.25, -0.2) is 4.98 Å². The Morgan fingerprint density at radius 2 is 2.32 bits per heavy atom. The Balaban J connectivity index is 1.58. The number of rotatable bonds is 5. The van der Waals surface area contributed by atoms with E-state index >= 15 is 0 Å². The maximum atomic E-state index is 12.1. The van der Waals surface area contributed by atoms with Crippen LogP contribution in [0, 0.1) is 0 Å². The third-order valence-corrected chi connectivity index (χ3v) is 4.00. The molecule has 0 spiro atoms. The van der Waals surface area contributed by atoms with Crippen LogP contribution in [0.2, 0.25) is 0 Å². The molecule has 3 rings (SSSR count). The highest BCUT2D eigenvalue weighted by Gasteiger charge is 2.12. The van der Waals surface area contributed by atoms with E-state index in [9.17, 15) is 4.79 Å². The second kappa shape index (κ2) is 6.48. The molecule has 7 heteroatoms. The summed E-state index contributed by atoms with van der Waals surface area (Å²) >= 11 is 1.44. The highest BCUT2D eigenvalue weighted by Crippen LogP contribution is 2.22. The van der Waals surface area contributed by atoms with Gasteiger partial charge in [0.2, 0.25) is 0 Å². The van der Waals surface area contributed by atoms with Crippen LogP contribution in [0.25, 0.3) is 10.6 Å². The largest absolute Gasteiger partial charge is 0.350 e. The summed E-state index contributed by atoms with van der Waals surface area (Å²) in [4.78, 5) is 20.5. The molecule has 0 aromatic carbocycles. The monoisotopic (exact) mass is 313 g/mol. The van der Waals surface area contributed by atoms with Gasteiger partial charge in [0.15, 0.2) is 0 Å². The zero-order valence-electron chi connectivity index (χ0n) is 12.1. The number of aromatic nitrogens is 4. The molecule has 112 valence electrons. The summed E-state index contributed by atoms with van der Waals surface area (Å²) in [6, 6.07) is 3.88. The van der Waals surface area contributed by atoms with Gasteiger partial charge in [0.1, 0.15) is 10.7 Å². The first-order valence-corrected chi connectivity index (χ1v) is 7.72. The summed E-state index contributed by atoms with van der Waals surface area (Å²) in [6.07, 6.45) is 7.90. The number of carbonyl (C=O) groups excluding carboxylic acids is 1. The van der Waals surface area contributed by atoms with Crippen LogP contribution in [0.15, 0.2) is 42.3 Å². The second-order valence-corrected chi connectivity index (χ2v) is 5.67. The number of pyridine rings is 1. The lowest BCUT2D eigenvalue weighted by atomic mass is 10.2. The molecule has 22 heavy (non-hydrogen) atoms. The zero-order chi connectivity index (χ0) is 15.4. The summed E-state index contributed by atoms with van der Waals surface area (Å²) in [5.74, 6) is -0.157. The molecule has 6 nitrogen and oxygen atoms in total. The molecular formula is C15H15N5OS. The van der Waals surface area contributed by atoms with Crippen molar-refractivity contribution in [1.29, 1.82) is 0 Å². The first-order chi connectivity index (χ1) is 10.7. The van der Waals surface area contributed by atoms with Gasteiger partial charge in [-0.05, 0) is 18.1 Å². The maximum absolute atomic E-state index is 12.1. The van der Waals surface area contributed by atoms with E-state index in [-0.39, 0.29) is 5.91 Å². The van der Waals surface area contributed by atoms with Crippen LogP contribution >= 0.6 is 11.3 Å². The van der Waals surface area contributed by atoms with Crippen LogP contribution < -0.4 is 5.32 Å². The van der Waals surface area contributed by atoms with Crippen molar-refractivity contribution in [3.63, 3.8) is 0 Å². The minimum Gasteiger partial charge on any atom is -0.350 e. The molecule has 0 aliphatic heterocycles. The Morgan fingerprint density at radius 1 is 1.41 bits per heavy atom. The third-order valence-electron chi connectivity index (χ3n) is 3.11. The van der Waals surface area contributed by atoms with Crippen molar-refractivity contribution in [2.24, 2.45) is 7.05 Å². The van der Waals surface area contributed by atoms with E-state index in [0.29, 0.717) is 12.2 Å². The Labute approximate surface area is 131 Å². The van der Waals surface area contributed by atoms with E-state index in [2.05, 4.69) is 20.4 Å². The first-order valence-electron chi connectivity index (χ1n) is 6.84. The first kappa shape index (κ1) is 14.4. The Bertz CT molecular complexity index is 765. The van der Waals surface area contributed by atoms with Gasteiger partial charge in [-0.2, -0.15) is 5.10 Å². The number of hydrogen-bond acceptors (Lipinski definition) is 5. The van der Waals surface area contributed by atoms with Crippen LogP contribution in [-0.2, 0) is 13.5 Å². The minimum atomic E-state index is -0.157. The SMILES string of the molecule is Cn1cc(-c2nc(C(=O)NCCc3cccnc3)cs2)cn1. The Hall–Kier alpha value is -2.54. The number of carbonyl (C=O) groups is 1. The molecular weight excluding hydrogens is 298 g/mol. The van der Waals surface area contributed by atoms with Crippen molar-refractivity contribution in [3.05, 3.63) is 53.6 Å². The number of amides is 1. The summed E-state index contributed by atoms with van der Waals surface area (Å²) in [6.45, 7) is 0.560. The Kier molecular flexibility index (Phi) is 4.24. The molecule has 0 aliphatic carbocycles. The van der Waals surface area contributed by atoms with Gasteiger partial charge in [-0.15, -0.1) is 11.3 Å². The van der Waals surface area contributed by atoms with Gasteiger partial charge in [0.25, 0.3) is 5.91 Å². The molecule has 0 unspecified atom stereocenters. The molecule has 0 radical (unpaired) electrons. The van der Waals surface area contributed by atoms with Crippen LogP contribution in [0.5, 0.6) is 0 Å². The highest BCUT2D eigenvalue weighted by atomic mass is 32.1. The molecule has 3 aromatic rings. The maximum Gasteiger partial charge on any atom is 0.270 e. The summed E-state index contributed by atoms with van der Waals surface area (Å²) < 4.78 is 1.71. The van der Waals surface area contributed by atoms with Crippen molar-refractivity contribution < 1.29 is 4.79 Å². The van der Waals surface area contributed by atoms with Crippen molar-refractivity contribution in [3.8, 4) is 10.6 Å². The van der Waals surface area contributed by atoms with E-state index in [1.54, 1.807) is 28.7 Å². The third kappa shape index (κ3) is 3.37. The highest BCUT2D eigenvalue weighted by molar-refractivity contribution is 7.13. The average Bonchev–Trinajstić information content (AvgIpc) is 3.17. The minimum absolute atomic E-state index is 0.157. The molecule has 0 aliphatic rings. The van der Waals surface area contributed by atoms with Gasteiger partial charge in [-0.1, -0.05) is 6.07 Å². The second-order valence-electron chi connectivity index (χ2n) is 4.81. The molecule has 3 heterocycles. The van der Waals surface area contributed by atoms with Crippen molar-refractivity contribution in [2.75, 3.05) is 6.54 Å². The van der Waals surface area contributed by atoms with E-state index in [4.69, 9.17) is 0 Å². The van der Waals surface area contributed by atoms with Crippen molar-refractivity contribution in [1.82, 2.24) is 25.1 Å². The molecule has 1 N–H and O–H groups in total. The van der Waals surface area contributed by atoms with E-state index in [1.165, 1.54) is 11.3 Å². The predicted molar refractivity (Wildman–Crippen MR) is 84.6 cm³/mol. The fourth-order valence-corrected chi connectivity index (χ4v) is 2.77. The van der Waals surface area contributed by atoms with Gasteiger partial charge in [0, 0.05) is 43.1 Å². The topological polar surface area (TPSA) is 72.7 Å². The molecule has 0 bridgehead atoms. The fourth-order valence-electron chi connectivity index (χ4n) is 2.00. The van der Waals surface area contributed by atoms with E-state index in [0.717, 1.165) is 22.6 Å². The lowest BCUT2D eigenvalue weighted by Gasteiger charge is -2.02. The summed E-state index contributed by atoms with van der Waals surface area (Å²) in [5, 5.41) is 9.54. The molecule has 0 fully saturated rings. The van der Waals surface area contributed by atoms with Gasteiger partial charge >= 0.3 is 0 Å². The van der Waals surface area contributed by atoms with E-state index < -0.39 is 0 Å². The lowest BCUT2D eigenvalue weighted by Crippen LogP contribution is -2.25. The predicted octanol–water partition coefficient (Wildman–Crippen LogP) is 1.91. The van der Waals surface area contributed by atoms with Crippen molar-refractivity contribution in [2.45, 2.75) is 6.42 Å². The normalized spacial score (nSPS) is 10.6. The van der Waals surface area contributed by atoms with Gasteiger partial charge in [-0.3, -0.25) is 14.5 Å². The Morgan fingerprint density at radius 3 is 3.05 bits per heavy atom. The number of aryl methyl sites for hydroxylation is 1. The number of nitrogens with zero attached hydrogens (tertiary/aromatic N) is 4. The van der Waals surface area contributed by atoms with Gasteiger partial charge < -0.3 is 5.32 Å². The van der Waals surface area contributed by atoms with Gasteiger partial charge in [0.05, 0.1) is 6.20 Å². The van der Waals surface area contributed by atoms with Crippen LogP contribution in [-0.4, -0.2) is 32.2 Å².